The van der Waals surface area contributed by atoms with E-state index in [0.29, 0.717) is 6.04 Å². The quantitative estimate of drug-likeness (QED) is 0.801. The summed E-state index contributed by atoms with van der Waals surface area (Å²) in [5, 5.41) is 0. The normalized spacial score (nSPS) is 24.4. The van der Waals surface area contributed by atoms with Crippen LogP contribution in [0.25, 0.3) is 0 Å². The summed E-state index contributed by atoms with van der Waals surface area (Å²) in [7, 11) is 1.69. The molecule has 96 valence electrons. The Morgan fingerprint density at radius 2 is 1.89 bits per heavy atom. The van der Waals surface area contributed by atoms with E-state index >= 15 is 0 Å². The number of nitrogens with zero attached hydrogens (tertiary/aromatic N) is 1. The highest BCUT2D eigenvalue weighted by atomic mass is 16.5. The van der Waals surface area contributed by atoms with E-state index in [-0.39, 0.29) is 12.1 Å². The van der Waals surface area contributed by atoms with Crippen LogP contribution in [0.4, 0.5) is 0 Å². The first-order valence-electron chi connectivity index (χ1n) is 6.77. The summed E-state index contributed by atoms with van der Waals surface area (Å²) < 4.78 is 5.58. The number of carbonyl (C=O) groups is 1. The van der Waals surface area contributed by atoms with Gasteiger partial charge in [0.25, 0.3) is 5.91 Å². The average Bonchev–Trinajstić information content (AvgIpc) is 2.73. The second-order valence-corrected chi connectivity index (χ2v) is 5.18. The van der Waals surface area contributed by atoms with E-state index < -0.39 is 0 Å². The summed E-state index contributed by atoms with van der Waals surface area (Å²) in [5.41, 5.74) is 1.84. The van der Waals surface area contributed by atoms with Crippen molar-refractivity contribution >= 4 is 5.91 Å². The van der Waals surface area contributed by atoms with Gasteiger partial charge in [-0.15, -0.1) is 0 Å². The predicted molar refractivity (Wildman–Crippen MR) is 69.2 cm³/mol. The van der Waals surface area contributed by atoms with Gasteiger partial charge >= 0.3 is 0 Å². The topological polar surface area (TPSA) is 29.5 Å². The lowest BCUT2D eigenvalue weighted by molar-refractivity contribution is -0.0375. The third kappa shape index (κ3) is 1.74. The van der Waals surface area contributed by atoms with Crippen molar-refractivity contribution in [3.8, 4) is 0 Å². The van der Waals surface area contributed by atoms with Gasteiger partial charge in [0.15, 0.2) is 6.23 Å². The van der Waals surface area contributed by atoms with Gasteiger partial charge in [-0.1, -0.05) is 37.5 Å². The van der Waals surface area contributed by atoms with E-state index in [1.54, 1.807) is 7.11 Å². The summed E-state index contributed by atoms with van der Waals surface area (Å²) in [6, 6.07) is 8.16. The molecule has 1 aliphatic heterocycles. The summed E-state index contributed by atoms with van der Waals surface area (Å²) in [6.07, 6.45) is 5.78. The molecular formula is C15H19NO2. The van der Waals surface area contributed by atoms with Crippen LogP contribution >= 0.6 is 0 Å². The van der Waals surface area contributed by atoms with Crippen molar-refractivity contribution in [3.63, 3.8) is 0 Å². The number of fused-ring (bicyclic) bond motifs is 1. The SMILES string of the molecule is COC1c2ccccc2C(=O)N1C1CCCCC1. The number of amides is 1. The molecule has 1 aromatic rings. The third-order valence-corrected chi connectivity index (χ3v) is 4.14. The van der Waals surface area contributed by atoms with E-state index in [9.17, 15) is 4.79 Å². The minimum atomic E-state index is -0.184. The van der Waals surface area contributed by atoms with Crippen molar-refractivity contribution in [2.45, 2.75) is 44.4 Å². The molecule has 0 radical (unpaired) electrons. The fourth-order valence-corrected chi connectivity index (χ4v) is 3.26. The van der Waals surface area contributed by atoms with Crippen LogP contribution in [0, 0.1) is 0 Å². The fraction of sp³-hybridized carbons (Fsp3) is 0.533. The second-order valence-electron chi connectivity index (χ2n) is 5.18. The minimum Gasteiger partial charge on any atom is -0.357 e. The van der Waals surface area contributed by atoms with Gasteiger partial charge in [-0.05, 0) is 18.9 Å². The van der Waals surface area contributed by atoms with Crippen molar-refractivity contribution in [1.29, 1.82) is 0 Å². The number of ether oxygens (including phenoxy) is 1. The molecule has 0 spiro atoms. The second kappa shape index (κ2) is 4.73. The third-order valence-electron chi connectivity index (χ3n) is 4.14. The highest BCUT2D eigenvalue weighted by Crippen LogP contribution is 2.38. The summed E-state index contributed by atoms with van der Waals surface area (Å²) in [4.78, 5) is 14.5. The van der Waals surface area contributed by atoms with Gasteiger partial charge in [0.2, 0.25) is 0 Å². The average molecular weight is 245 g/mol. The molecule has 3 heteroatoms. The molecule has 1 saturated carbocycles. The fourth-order valence-electron chi connectivity index (χ4n) is 3.26. The molecule has 18 heavy (non-hydrogen) atoms. The Morgan fingerprint density at radius 1 is 1.17 bits per heavy atom. The Bertz CT molecular complexity index is 452. The molecule has 3 nitrogen and oxygen atoms in total. The van der Waals surface area contributed by atoms with Crippen molar-refractivity contribution in [2.75, 3.05) is 7.11 Å². The van der Waals surface area contributed by atoms with E-state index in [2.05, 4.69) is 0 Å². The van der Waals surface area contributed by atoms with E-state index in [0.717, 1.165) is 24.0 Å². The smallest absolute Gasteiger partial charge is 0.256 e. The first kappa shape index (κ1) is 11.7. The maximum Gasteiger partial charge on any atom is 0.256 e. The Balaban J connectivity index is 1.94. The maximum atomic E-state index is 12.5. The minimum absolute atomic E-state index is 0.143. The summed E-state index contributed by atoms with van der Waals surface area (Å²) in [6.45, 7) is 0. The number of hydrogen-bond donors (Lipinski definition) is 0. The zero-order valence-corrected chi connectivity index (χ0v) is 10.8. The first-order chi connectivity index (χ1) is 8.83. The van der Waals surface area contributed by atoms with Gasteiger partial charge in [0.05, 0.1) is 0 Å². The van der Waals surface area contributed by atoms with E-state index in [4.69, 9.17) is 4.74 Å². The number of rotatable bonds is 2. The van der Waals surface area contributed by atoms with Crippen LogP contribution in [-0.4, -0.2) is 24.0 Å². The van der Waals surface area contributed by atoms with Gasteiger partial charge < -0.3 is 9.64 Å². The molecule has 1 amide bonds. The lowest BCUT2D eigenvalue weighted by Gasteiger charge is -2.35. The van der Waals surface area contributed by atoms with Crippen LogP contribution < -0.4 is 0 Å². The molecule has 1 atom stereocenters. The largest absolute Gasteiger partial charge is 0.357 e. The molecule has 0 aromatic heterocycles. The molecular weight excluding hydrogens is 226 g/mol. The molecule has 1 unspecified atom stereocenters. The van der Waals surface area contributed by atoms with E-state index in [1.807, 2.05) is 29.2 Å². The van der Waals surface area contributed by atoms with Crippen LogP contribution in [0.5, 0.6) is 0 Å². The molecule has 2 aliphatic rings. The van der Waals surface area contributed by atoms with Crippen LogP contribution in [0.15, 0.2) is 24.3 Å². The van der Waals surface area contributed by atoms with Crippen molar-refractivity contribution in [2.24, 2.45) is 0 Å². The number of benzene rings is 1. The Morgan fingerprint density at radius 3 is 2.61 bits per heavy atom. The zero-order chi connectivity index (χ0) is 12.5. The van der Waals surface area contributed by atoms with Gasteiger partial charge in [-0.2, -0.15) is 0 Å². The van der Waals surface area contributed by atoms with E-state index in [1.165, 1.54) is 19.3 Å². The number of methoxy groups -OCH3 is 1. The highest BCUT2D eigenvalue weighted by Gasteiger charge is 2.40. The Labute approximate surface area is 108 Å². The van der Waals surface area contributed by atoms with Crippen LogP contribution in [0.3, 0.4) is 0 Å². The molecule has 0 saturated heterocycles. The number of hydrogen-bond acceptors (Lipinski definition) is 2. The van der Waals surface area contributed by atoms with Crippen LogP contribution in [0.1, 0.15) is 54.3 Å². The monoisotopic (exact) mass is 245 g/mol. The summed E-state index contributed by atoms with van der Waals surface area (Å²) in [5.74, 6) is 0.143. The molecule has 1 aromatic carbocycles. The summed E-state index contributed by atoms with van der Waals surface area (Å²) >= 11 is 0. The van der Waals surface area contributed by atoms with Gasteiger partial charge in [-0.25, -0.2) is 0 Å². The molecule has 3 rings (SSSR count). The lowest BCUT2D eigenvalue weighted by atomic mass is 9.94. The van der Waals surface area contributed by atoms with Crippen molar-refractivity contribution in [1.82, 2.24) is 4.90 Å². The maximum absolute atomic E-state index is 12.5. The van der Waals surface area contributed by atoms with Gasteiger partial charge in [-0.3, -0.25) is 4.79 Å². The molecule has 0 bridgehead atoms. The van der Waals surface area contributed by atoms with Crippen molar-refractivity contribution in [3.05, 3.63) is 35.4 Å². The zero-order valence-electron chi connectivity index (χ0n) is 10.8. The molecule has 1 aliphatic carbocycles. The standard InChI is InChI=1S/C15H19NO2/c1-18-15-13-10-6-5-9-12(13)14(17)16(15)11-7-3-2-4-8-11/h5-6,9-11,15H,2-4,7-8H2,1H3. The van der Waals surface area contributed by atoms with Gasteiger partial charge in [0, 0.05) is 24.3 Å². The van der Waals surface area contributed by atoms with Crippen LogP contribution in [-0.2, 0) is 4.74 Å². The van der Waals surface area contributed by atoms with Crippen LogP contribution in [0.2, 0.25) is 0 Å². The molecule has 1 fully saturated rings. The molecule has 1 heterocycles. The Kier molecular flexibility index (Phi) is 3.08. The predicted octanol–water partition coefficient (Wildman–Crippen LogP) is 3.12. The first-order valence-corrected chi connectivity index (χ1v) is 6.77. The number of carbonyl (C=O) groups excluding carboxylic acids is 1. The molecule has 0 N–H and O–H groups in total. The lowest BCUT2D eigenvalue weighted by Crippen LogP contribution is -2.40. The highest BCUT2D eigenvalue weighted by molar-refractivity contribution is 5.99. The van der Waals surface area contributed by atoms with Gasteiger partial charge in [0.1, 0.15) is 0 Å². The van der Waals surface area contributed by atoms with Crippen molar-refractivity contribution < 1.29 is 9.53 Å². The Hall–Kier alpha value is -1.35.